The molecule has 6 heteroatoms. The number of oxime groups is 1. The summed E-state index contributed by atoms with van der Waals surface area (Å²) in [5, 5.41) is 16.6. The molecule has 0 heterocycles. The van der Waals surface area contributed by atoms with Gasteiger partial charge in [-0.2, -0.15) is 0 Å². The minimum absolute atomic E-state index is 0.0320. The number of amides is 2. The molecule has 0 atom stereocenters. The van der Waals surface area contributed by atoms with Crippen molar-refractivity contribution >= 4 is 17.6 Å². The number of nitrogens with one attached hydrogen (secondary N) is 2. The molecule has 0 spiro atoms. The van der Waals surface area contributed by atoms with Crippen LogP contribution in [0.5, 0.6) is 0 Å². The zero-order valence-electron chi connectivity index (χ0n) is 8.90. The number of hydrogen-bond acceptors (Lipinski definition) is 3. The molecular weight excluding hydrogens is 208 g/mol. The van der Waals surface area contributed by atoms with Crippen LogP contribution in [0.1, 0.15) is 12.5 Å². The van der Waals surface area contributed by atoms with E-state index in [1.165, 1.54) is 0 Å². The molecule has 0 aliphatic carbocycles. The fraction of sp³-hybridized carbons (Fsp3) is 0.200. The molecule has 1 rings (SSSR count). The second-order valence-electron chi connectivity index (χ2n) is 3.05. The Labute approximate surface area is 93.1 Å². The lowest BCUT2D eigenvalue weighted by atomic mass is 10.2. The van der Waals surface area contributed by atoms with Crippen LogP contribution in [0.2, 0.25) is 0 Å². The van der Waals surface area contributed by atoms with Gasteiger partial charge in [0.25, 0.3) is 0 Å². The van der Waals surface area contributed by atoms with Crippen LogP contribution in [0.4, 0.5) is 10.5 Å². The Morgan fingerprint density at radius 1 is 1.44 bits per heavy atom. The fourth-order valence-electron chi connectivity index (χ4n) is 1.12. The molecule has 2 amide bonds. The average Bonchev–Trinajstić information content (AvgIpc) is 2.29. The first-order valence-corrected chi connectivity index (χ1v) is 4.80. The highest BCUT2D eigenvalue weighted by Gasteiger charge is 2.01. The van der Waals surface area contributed by atoms with E-state index in [1.807, 2.05) is 6.92 Å². The van der Waals surface area contributed by atoms with Crippen molar-refractivity contribution in [1.29, 1.82) is 0 Å². The molecule has 0 aliphatic heterocycles. The van der Waals surface area contributed by atoms with E-state index in [0.29, 0.717) is 17.8 Å². The standard InChI is InChI=1S/C10H14N4O2/c1-2-12-10(15)13-8-5-3-7(4-6-8)9(11)14-16/h3-6,16H,2H2,1H3,(H2,11,14)(H2,12,13,15). The van der Waals surface area contributed by atoms with Crippen LogP contribution in [0, 0.1) is 0 Å². The van der Waals surface area contributed by atoms with Crippen LogP contribution in [0.3, 0.4) is 0 Å². The number of amidine groups is 1. The van der Waals surface area contributed by atoms with Crippen molar-refractivity contribution in [3.63, 3.8) is 0 Å². The Bertz CT molecular complexity index is 386. The number of nitrogens with zero attached hydrogens (tertiary/aromatic N) is 1. The number of hydrogen-bond donors (Lipinski definition) is 4. The number of rotatable bonds is 3. The van der Waals surface area contributed by atoms with Crippen LogP contribution in [0.15, 0.2) is 29.4 Å². The Morgan fingerprint density at radius 2 is 2.06 bits per heavy atom. The molecule has 5 N–H and O–H groups in total. The monoisotopic (exact) mass is 222 g/mol. The van der Waals surface area contributed by atoms with E-state index in [1.54, 1.807) is 24.3 Å². The van der Waals surface area contributed by atoms with Crippen molar-refractivity contribution < 1.29 is 10.0 Å². The molecule has 0 bridgehead atoms. The van der Waals surface area contributed by atoms with Gasteiger partial charge in [-0.3, -0.25) is 0 Å². The van der Waals surface area contributed by atoms with E-state index >= 15 is 0 Å². The maximum absolute atomic E-state index is 11.2. The summed E-state index contributed by atoms with van der Waals surface area (Å²) in [4.78, 5) is 11.2. The normalized spacial score (nSPS) is 10.9. The smallest absolute Gasteiger partial charge is 0.319 e. The van der Waals surface area contributed by atoms with Crippen molar-refractivity contribution in [3.05, 3.63) is 29.8 Å². The first-order chi connectivity index (χ1) is 7.67. The van der Waals surface area contributed by atoms with E-state index in [4.69, 9.17) is 10.9 Å². The zero-order chi connectivity index (χ0) is 12.0. The Balaban J connectivity index is 2.68. The second kappa shape index (κ2) is 5.59. The molecule has 0 aromatic heterocycles. The first kappa shape index (κ1) is 11.8. The van der Waals surface area contributed by atoms with Gasteiger partial charge in [0.05, 0.1) is 0 Å². The van der Waals surface area contributed by atoms with Gasteiger partial charge in [-0.1, -0.05) is 5.16 Å². The van der Waals surface area contributed by atoms with Crippen molar-refractivity contribution in [1.82, 2.24) is 5.32 Å². The molecule has 0 radical (unpaired) electrons. The number of anilines is 1. The van der Waals surface area contributed by atoms with Crippen molar-refractivity contribution in [3.8, 4) is 0 Å². The molecule has 1 aromatic rings. The molecule has 1 aromatic carbocycles. The Morgan fingerprint density at radius 3 is 2.56 bits per heavy atom. The lowest BCUT2D eigenvalue weighted by Crippen LogP contribution is -2.28. The van der Waals surface area contributed by atoms with E-state index in [2.05, 4.69) is 15.8 Å². The molecule has 0 saturated heterocycles. The van der Waals surface area contributed by atoms with Crippen LogP contribution < -0.4 is 16.4 Å². The number of urea groups is 1. The summed E-state index contributed by atoms with van der Waals surface area (Å²) >= 11 is 0. The van der Waals surface area contributed by atoms with Gasteiger partial charge in [-0.15, -0.1) is 0 Å². The maximum Gasteiger partial charge on any atom is 0.319 e. The third kappa shape index (κ3) is 3.16. The lowest BCUT2D eigenvalue weighted by molar-refractivity contribution is 0.252. The van der Waals surface area contributed by atoms with Gasteiger partial charge in [0.1, 0.15) is 0 Å². The minimum atomic E-state index is -0.265. The van der Waals surface area contributed by atoms with E-state index in [-0.39, 0.29) is 11.9 Å². The van der Waals surface area contributed by atoms with Gasteiger partial charge in [0.2, 0.25) is 0 Å². The van der Waals surface area contributed by atoms with Gasteiger partial charge >= 0.3 is 6.03 Å². The summed E-state index contributed by atoms with van der Waals surface area (Å²) in [7, 11) is 0. The lowest BCUT2D eigenvalue weighted by Gasteiger charge is -2.06. The van der Waals surface area contributed by atoms with Gasteiger partial charge in [-0.05, 0) is 31.2 Å². The van der Waals surface area contributed by atoms with Gasteiger partial charge in [-0.25, -0.2) is 4.79 Å². The van der Waals surface area contributed by atoms with Gasteiger partial charge in [0, 0.05) is 17.8 Å². The summed E-state index contributed by atoms with van der Waals surface area (Å²) in [6.07, 6.45) is 0. The minimum Gasteiger partial charge on any atom is -0.409 e. The Kier molecular flexibility index (Phi) is 4.14. The summed E-state index contributed by atoms with van der Waals surface area (Å²) in [6, 6.07) is 6.37. The third-order valence-corrected chi connectivity index (χ3v) is 1.88. The summed E-state index contributed by atoms with van der Waals surface area (Å²) in [6.45, 7) is 2.40. The highest BCUT2D eigenvalue weighted by molar-refractivity contribution is 5.97. The zero-order valence-corrected chi connectivity index (χ0v) is 8.90. The predicted octanol–water partition coefficient (Wildman–Crippen LogP) is 0.922. The van der Waals surface area contributed by atoms with Gasteiger partial charge in [0.15, 0.2) is 5.84 Å². The molecule has 16 heavy (non-hydrogen) atoms. The van der Waals surface area contributed by atoms with E-state index < -0.39 is 0 Å². The first-order valence-electron chi connectivity index (χ1n) is 4.80. The number of benzene rings is 1. The fourth-order valence-corrected chi connectivity index (χ4v) is 1.12. The largest absolute Gasteiger partial charge is 0.409 e. The molecule has 86 valence electrons. The molecule has 0 fully saturated rings. The van der Waals surface area contributed by atoms with Crippen molar-refractivity contribution in [2.75, 3.05) is 11.9 Å². The topological polar surface area (TPSA) is 99.7 Å². The maximum atomic E-state index is 11.2. The second-order valence-corrected chi connectivity index (χ2v) is 3.05. The third-order valence-electron chi connectivity index (χ3n) is 1.88. The van der Waals surface area contributed by atoms with Crippen LogP contribution in [-0.2, 0) is 0 Å². The van der Waals surface area contributed by atoms with Crippen molar-refractivity contribution in [2.45, 2.75) is 6.92 Å². The van der Waals surface area contributed by atoms with E-state index in [9.17, 15) is 4.79 Å². The molecule has 0 unspecified atom stereocenters. The Hall–Kier alpha value is -2.24. The average molecular weight is 222 g/mol. The molecule has 6 nitrogen and oxygen atoms in total. The van der Waals surface area contributed by atoms with Crippen LogP contribution in [-0.4, -0.2) is 23.6 Å². The predicted molar refractivity (Wildman–Crippen MR) is 61.6 cm³/mol. The summed E-state index contributed by atoms with van der Waals surface area (Å²) < 4.78 is 0. The molecule has 0 aliphatic rings. The van der Waals surface area contributed by atoms with E-state index in [0.717, 1.165) is 0 Å². The number of carbonyl (C=O) groups excluding carboxylic acids is 1. The summed E-state index contributed by atoms with van der Waals surface area (Å²) in [5.41, 5.74) is 6.62. The highest BCUT2D eigenvalue weighted by atomic mass is 16.4. The van der Waals surface area contributed by atoms with Crippen LogP contribution in [0.25, 0.3) is 0 Å². The number of nitrogens with two attached hydrogens (primary N) is 1. The summed E-state index contributed by atoms with van der Waals surface area (Å²) in [5.74, 6) is 0.0320. The van der Waals surface area contributed by atoms with Crippen molar-refractivity contribution in [2.24, 2.45) is 10.9 Å². The quantitative estimate of drug-likeness (QED) is 0.265. The SMILES string of the molecule is CCNC(=O)Nc1ccc(/C(N)=N/O)cc1. The molecular formula is C10H14N4O2. The van der Waals surface area contributed by atoms with Gasteiger partial charge < -0.3 is 21.6 Å². The number of carbonyl (C=O) groups is 1. The molecule has 0 saturated carbocycles. The highest BCUT2D eigenvalue weighted by Crippen LogP contribution is 2.08. The van der Waals surface area contributed by atoms with Crippen LogP contribution >= 0.6 is 0 Å².